The molecule has 0 radical (unpaired) electrons. The Morgan fingerprint density at radius 3 is 2.59 bits per heavy atom. The van der Waals surface area contributed by atoms with E-state index in [1.165, 1.54) is 0 Å². The lowest BCUT2D eigenvalue weighted by Gasteiger charge is -2.34. The molecule has 32 heavy (non-hydrogen) atoms. The van der Waals surface area contributed by atoms with Crippen LogP contribution in [0.25, 0.3) is 21.8 Å². The van der Waals surface area contributed by atoms with Gasteiger partial charge in [0.1, 0.15) is 5.52 Å². The number of primary amides is 1. The number of aromatic nitrogens is 4. The average molecular weight is 432 g/mol. The summed E-state index contributed by atoms with van der Waals surface area (Å²) in [6.45, 7) is 3.95. The fourth-order valence-corrected chi connectivity index (χ4v) is 4.06. The molecule has 3 heterocycles. The Labute approximate surface area is 184 Å². The van der Waals surface area contributed by atoms with E-state index in [9.17, 15) is 4.79 Å². The number of carbonyl (C=O) groups is 1. The van der Waals surface area contributed by atoms with Crippen LogP contribution in [0.3, 0.4) is 0 Å². The number of anilines is 2. The molecule has 5 rings (SSSR count). The van der Waals surface area contributed by atoms with Gasteiger partial charge in [-0.1, -0.05) is 6.07 Å². The molecular formula is C22H24N8O2. The molecule has 10 nitrogen and oxygen atoms in total. The van der Waals surface area contributed by atoms with Crippen LogP contribution in [0, 0.1) is 0 Å². The van der Waals surface area contributed by atoms with E-state index in [1.807, 2.05) is 24.3 Å². The Morgan fingerprint density at radius 2 is 1.88 bits per heavy atom. The number of rotatable bonds is 4. The van der Waals surface area contributed by atoms with Gasteiger partial charge in [0.2, 0.25) is 0 Å². The average Bonchev–Trinajstić information content (AvgIpc) is 3.13. The third-order valence-electron chi connectivity index (χ3n) is 5.83. The topological polar surface area (TPSA) is 128 Å². The van der Waals surface area contributed by atoms with Crippen molar-refractivity contribution >= 4 is 39.1 Å². The number of fused-ring (bicyclic) bond motifs is 3. The van der Waals surface area contributed by atoms with Gasteiger partial charge in [-0.05, 0) is 31.3 Å². The first-order chi connectivity index (χ1) is 15.4. The van der Waals surface area contributed by atoms with Gasteiger partial charge in [0.25, 0.3) is 5.91 Å². The number of amides is 1. The minimum Gasteiger partial charge on any atom is -0.422 e. The maximum Gasteiger partial charge on any atom is 0.322 e. The molecule has 4 N–H and O–H groups in total. The van der Waals surface area contributed by atoms with Gasteiger partial charge < -0.3 is 26.0 Å². The molecule has 1 aliphatic heterocycles. The van der Waals surface area contributed by atoms with Gasteiger partial charge in [0.05, 0.1) is 11.2 Å². The summed E-state index contributed by atoms with van der Waals surface area (Å²) >= 11 is 0. The summed E-state index contributed by atoms with van der Waals surface area (Å²) in [6, 6.07) is 9.53. The van der Waals surface area contributed by atoms with Crippen molar-refractivity contribution in [3.63, 3.8) is 0 Å². The Hall–Kier alpha value is -3.92. The van der Waals surface area contributed by atoms with Crippen LogP contribution in [0.5, 0.6) is 11.8 Å². The quantitative estimate of drug-likeness (QED) is 0.467. The fourth-order valence-electron chi connectivity index (χ4n) is 4.06. The molecule has 1 aliphatic rings. The number of nitrogen functional groups attached to an aromatic ring is 1. The van der Waals surface area contributed by atoms with Crippen LogP contribution in [0.4, 0.5) is 11.4 Å². The van der Waals surface area contributed by atoms with E-state index in [0.717, 1.165) is 37.3 Å². The molecule has 1 amide bonds. The third kappa shape index (κ3) is 3.44. The van der Waals surface area contributed by atoms with Gasteiger partial charge in [0, 0.05) is 55.9 Å². The van der Waals surface area contributed by atoms with E-state index in [4.69, 9.17) is 16.2 Å². The first kappa shape index (κ1) is 20.0. The molecule has 1 fully saturated rings. The summed E-state index contributed by atoms with van der Waals surface area (Å²) in [6.07, 6.45) is 1.67. The maximum absolute atomic E-state index is 11.7. The van der Waals surface area contributed by atoms with Crippen LogP contribution in [0.2, 0.25) is 0 Å². The predicted octanol–water partition coefficient (Wildman–Crippen LogP) is 1.74. The monoisotopic (exact) mass is 432 g/mol. The second-order valence-electron chi connectivity index (χ2n) is 8.00. The van der Waals surface area contributed by atoms with Crippen LogP contribution in [0.15, 0.2) is 36.5 Å². The van der Waals surface area contributed by atoms with Gasteiger partial charge in [-0.2, -0.15) is 10.1 Å². The molecule has 0 bridgehead atoms. The molecular weight excluding hydrogens is 408 g/mol. The second kappa shape index (κ2) is 7.65. The minimum absolute atomic E-state index is 0.158. The summed E-state index contributed by atoms with van der Waals surface area (Å²) in [5.74, 6) is -0.106. The van der Waals surface area contributed by atoms with Crippen LogP contribution >= 0.6 is 0 Å². The largest absolute Gasteiger partial charge is 0.422 e. The first-order valence-electron chi connectivity index (χ1n) is 10.3. The number of hydrogen-bond acceptors (Lipinski definition) is 8. The van der Waals surface area contributed by atoms with Crippen molar-refractivity contribution in [1.82, 2.24) is 24.6 Å². The number of benzene rings is 2. The van der Waals surface area contributed by atoms with Crippen molar-refractivity contribution in [1.29, 1.82) is 0 Å². The first-order valence-corrected chi connectivity index (χ1v) is 10.3. The number of hydrogen-bond donors (Lipinski definition) is 2. The van der Waals surface area contributed by atoms with Crippen LogP contribution in [-0.2, 0) is 7.05 Å². The molecule has 0 saturated carbocycles. The number of aryl methyl sites for hydroxylation is 1. The summed E-state index contributed by atoms with van der Waals surface area (Å²) in [4.78, 5) is 25.2. The molecule has 0 spiro atoms. The number of carbonyl (C=O) groups excluding carboxylic acids is 1. The van der Waals surface area contributed by atoms with Crippen molar-refractivity contribution in [3.8, 4) is 11.8 Å². The summed E-state index contributed by atoms with van der Waals surface area (Å²) in [5, 5.41) is 5.67. The SMILES string of the molecule is CN1CCN(c2ccc(Oc3ncc4ccc5c(C(N)=O)nn(C)c5c4n3)c(N)c2)CC1. The molecule has 164 valence electrons. The van der Waals surface area contributed by atoms with Crippen LogP contribution in [0.1, 0.15) is 10.5 Å². The smallest absolute Gasteiger partial charge is 0.322 e. The second-order valence-corrected chi connectivity index (χ2v) is 8.00. The minimum atomic E-state index is -0.589. The van der Waals surface area contributed by atoms with E-state index in [1.54, 1.807) is 24.0 Å². The van der Waals surface area contributed by atoms with E-state index >= 15 is 0 Å². The van der Waals surface area contributed by atoms with Crippen molar-refractivity contribution < 1.29 is 9.53 Å². The van der Waals surface area contributed by atoms with Gasteiger partial charge >= 0.3 is 6.01 Å². The lowest BCUT2D eigenvalue weighted by molar-refractivity contribution is 0.0996. The van der Waals surface area contributed by atoms with Gasteiger partial charge in [-0.15, -0.1) is 0 Å². The summed E-state index contributed by atoms with van der Waals surface area (Å²) in [7, 11) is 3.87. The Morgan fingerprint density at radius 1 is 1.09 bits per heavy atom. The Bertz CT molecular complexity index is 1340. The molecule has 0 aliphatic carbocycles. The number of likely N-dealkylation sites (N-methyl/N-ethyl adjacent to an activating group) is 1. The lowest BCUT2D eigenvalue weighted by Crippen LogP contribution is -2.44. The Balaban J connectivity index is 1.47. The van der Waals surface area contributed by atoms with E-state index < -0.39 is 5.91 Å². The zero-order valence-corrected chi connectivity index (χ0v) is 17.9. The number of nitrogens with two attached hydrogens (primary N) is 2. The molecule has 0 unspecified atom stereocenters. The highest BCUT2D eigenvalue weighted by atomic mass is 16.5. The highest BCUT2D eigenvalue weighted by Gasteiger charge is 2.18. The van der Waals surface area contributed by atoms with Crippen LogP contribution in [-0.4, -0.2) is 63.8 Å². The van der Waals surface area contributed by atoms with Gasteiger partial charge in [0.15, 0.2) is 11.4 Å². The zero-order valence-electron chi connectivity index (χ0n) is 17.9. The number of nitrogens with zero attached hydrogens (tertiary/aromatic N) is 6. The maximum atomic E-state index is 11.7. The van der Waals surface area contributed by atoms with Crippen molar-refractivity contribution in [3.05, 3.63) is 42.2 Å². The molecule has 0 atom stereocenters. The van der Waals surface area contributed by atoms with Crippen molar-refractivity contribution in [2.24, 2.45) is 12.8 Å². The van der Waals surface area contributed by atoms with Crippen LogP contribution < -0.4 is 21.1 Å². The normalized spacial score (nSPS) is 14.9. The third-order valence-corrected chi connectivity index (χ3v) is 5.83. The van der Waals surface area contributed by atoms with Gasteiger partial charge in [-0.25, -0.2) is 4.98 Å². The molecule has 2 aromatic carbocycles. The van der Waals surface area contributed by atoms with Crippen molar-refractivity contribution in [2.75, 3.05) is 43.9 Å². The fraction of sp³-hybridized carbons (Fsp3) is 0.273. The van der Waals surface area contributed by atoms with E-state index in [-0.39, 0.29) is 11.7 Å². The highest BCUT2D eigenvalue weighted by Crippen LogP contribution is 2.32. The molecule has 2 aromatic heterocycles. The molecule has 10 heteroatoms. The van der Waals surface area contributed by atoms with Crippen molar-refractivity contribution in [2.45, 2.75) is 0 Å². The standard InChI is InChI=1S/C22H24N8O2/c1-28-7-9-30(10-8-28)14-4-6-17(16(23)11-14)32-22-25-12-13-3-5-15-19(21(24)31)27-29(2)20(15)18(13)26-22/h3-6,11-12H,7-10,23H2,1-2H3,(H2,24,31). The summed E-state index contributed by atoms with van der Waals surface area (Å²) < 4.78 is 7.52. The zero-order chi connectivity index (χ0) is 22.4. The summed E-state index contributed by atoms with van der Waals surface area (Å²) in [5.41, 5.74) is 14.8. The van der Waals surface area contributed by atoms with E-state index in [2.05, 4.69) is 31.9 Å². The Kier molecular flexibility index (Phi) is 4.78. The predicted molar refractivity (Wildman–Crippen MR) is 123 cm³/mol. The molecule has 1 saturated heterocycles. The lowest BCUT2D eigenvalue weighted by atomic mass is 10.1. The molecule has 4 aromatic rings. The number of piperazine rings is 1. The highest BCUT2D eigenvalue weighted by molar-refractivity contribution is 6.11. The van der Waals surface area contributed by atoms with E-state index in [0.29, 0.717) is 27.9 Å². The number of ether oxygens (including phenoxy) is 1. The van der Waals surface area contributed by atoms with Gasteiger partial charge in [-0.3, -0.25) is 9.48 Å².